The van der Waals surface area contributed by atoms with Gasteiger partial charge in [0.2, 0.25) is 0 Å². The van der Waals surface area contributed by atoms with Gasteiger partial charge in [0.05, 0.1) is 0 Å². The van der Waals surface area contributed by atoms with Crippen molar-refractivity contribution in [3.63, 3.8) is 0 Å². The molecule has 0 radical (unpaired) electrons. The van der Waals surface area contributed by atoms with E-state index in [1.807, 2.05) is 26.0 Å². The van der Waals surface area contributed by atoms with E-state index in [0.29, 0.717) is 17.2 Å². The highest BCUT2D eigenvalue weighted by molar-refractivity contribution is 5.99. The van der Waals surface area contributed by atoms with E-state index < -0.39 is 0 Å². The van der Waals surface area contributed by atoms with Crippen molar-refractivity contribution in [1.29, 1.82) is 0 Å². The fourth-order valence-electron chi connectivity index (χ4n) is 7.18. The summed E-state index contributed by atoms with van der Waals surface area (Å²) in [5.74, 6) is 0.760. The van der Waals surface area contributed by atoms with Crippen molar-refractivity contribution in [1.82, 2.24) is 15.2 Å². The lowest BCUT2D eigenvalue weighted by Crippen LogP contribution is -2.40. The summed E-state index contributed by atoms with van der Waals surface area (Å²) >= 11 is 0. The molecule has 0 spiro atoms. The smallest absolute Gasteiger partial charge is 0.253 e. The number of aryl methyl sites for hydroxylation is 2. The number of carbonyl (C=O) groups excluding carboxylic acids is 1. The van der Waals surface area contributed by atoms with Crippen LogP contribution in [0.4, 0.5) is 5.69 Å². The molecule has 0 bridgehead atoms. The molecule has 248 valence electrons. The van der Waals surface area contributed by atoms with Crippen LogP contribution in [0.15, 0.2) is 47.3 Å². The Hall–Kier alpha value is -3.42. The third kappa shape index (κ3) is 8.29. The van der Waals surface area contributed by atoms with Crippen molar-refractivity contribution in [3.05, 3.63) is 86.3 Å². The highest BCUT2D eigenvalue weighted by Gasteiger charge is 2.25. The van der Waals surface area contributed by atoms with Gasteiger partial charge in [-0.2, -0.15) is 0 Å². The van der Waals surface area contributed by atoms with Gasteiger partial charge in [0.25, 0.3) is 11.5 Å². The first-order chi connectivity index (χ1) is 22.3. The molecule has 2 heterocycles. The number of benzene rings is 2. The number of hydrogen-bond donors (Lipinski definition) is 2. The lowest BCUT2D eigenvalue weighted by atomic mass is 9.83. The molecule has 0 unspecified atom stereocenters. The Kier molecular flexibility index (Phi) is 11.7. The highest BCUT2D eigenvalue weighted by atomic mass is 16.5. The first-order valence-electron chi connectivity index (χ1n) is 17.6. The van der Waals surface area contributed by atoms with Crippen LogP contribution in [0, 0.1) is 26.7 Å². The van der Waals surface area contributed by atoms with Gasteiger partial charge in [0.1, 0.15) is 0 Å². The minimum atomic E-state index is -0.165. The van der Waals surface area contributed by atoms with Crippen molar-refractivity contribution in [2.75, 3.05) is 37.7 Å². The minimum absolute atomic E-state index is 0.152. The van der Waals surface area contributed by atoms with E-state index >= 15 is 0 Å². The molecule has 1 aliphatic heterocycles. The molecule has 2 N–H and O–H groups in total. The van der Waals surface area contributed by atoms with Gasteiger partial charge >= 0.3 is 0 Å². The summed E-state index contributed by atoms with van der Waals surface area (Å²) in [6, 6.07) is 15.5. The number of nitrogens with one attached hydrogen (secondary N) is 2. The van der Waals surface area contributed by atoms with Crippen LogP contribution in [0.25, 0.3) is 11.1 Å². The SMILES string of the molecule is CCCN(CCC1CCC1)Cc1ccc(-c2cc(C(=O)NCc3c(C)cc(C)[nH]c3=O)c(C)c(N(CC)C3CCOCC3)c2)cc1. The lowest BCUT2D eigenvalue weighted by molar-refractivity contribution is 0.0846. The molecule has 1 aromatic heterocycles. The van der Waals surface area contributed by atoms with Crippen LogP contribution in [-0.4, -0.2) is 54.7 Å². The maximum atomic E-state index is 13.9. The molecule has 7 heteroatoms. The largest absolute Gasteiger partial charge is 0.381 e. The molecular weight excluding hydrogens is 572 g/mol. The first-order valence-corrected chi connectivity index (χ1v) is 17.6. The molecule has 3 aromatic rings. The lowest BCUT2D eigenvalue weighted by Gasteiger charge is -2.37. The van der Waals surface area contributed by atoms with Crippen molar-refractivity contribution >= 4 is 11.6 Å². The zero-order chi connectivity index (χ0) is 32.6. The van der Waals surface area contributed by atoms with E-state index in [1.165, 1.54) is 44.2 Å². The zero-order valence-corrected chi connectivity index (χ0v) is 28.7. The van der Waals surface area contributed by atoms with Crippen LogP contribution >= 0.6 is 0 Å². The number of aromatic amines is 1. The van der Waals surface area contributed by atoms with E-state index in [2.05, 4.69) is 71.2 Å². The molecule has 5 rings (SSSR count). The highest BCUT2D eigenvalue weighted by Crippen LogP contribution is 2.34. The van der Waals surface area contributed by atoms with Crippen molar-refractivity contribution < 1.29 is 9.53 Å². The Labute approximate surface area is 275 Å². The number of carbonyl (C=O) groups is 1. The average Bonchev–Trinajstić information content (AvgIpc) is 3.02. The molecule has 0 atom stereocenters. The van der Waals surface area contributed by atoms with Crippen molar-refractivity contribution in [2.24, 2.45) is 5.92 Å². The fourth-order valence-corrected chi connectivity index (χ4v) is 7.18. The molecule has 1 amide bonds. The zero-order valence-electron chi connectivity index (χ0n) is 28.7. The maximum Gasteiger partial charge on any atom is 0.253 e. The Balaban J connectivity index is 1.42. The summed E-state index contributed by atoms with van der Waals surface area (Å²) in [5, 5.41) is 3.07. The van der Waals surface area contributed by atoms with Crippen molar-refractivity contribution in [3.8, 4) is 11.1 Å². The van der Waals surface area contributed by atoms with E-state index in [9.17, 15) is 9.59 Å². The second-order valence-corrected chi connectivity index (χ2v) is 13.5. The Morgan fingerprint density at radius 1 is 0.957 bits per heavy atom. The number of H-pyrrole nitrogens is 1. The Morgan fingerprint density at radius 2 is 1.70 bits per heavy atom. The van der Waals surface area contributed by atoms with Gasteiger partial charge in [0, 0.05) is 61.4 Å². The van der Waals surface area contributed by atoms with Gasteiger partial charge in [-0.3, -0.25) is 14.5 Å². The van der Waals surface area contributed by atoms with Crippen LogP contribution in [-0.2, 0) is 17.8 Å². The van der Waals surface area contributed by atoms with Gasteiger partial charge in [-0.15, -0.1) is 0 Å². The summed E-state index contributed by atoms with van der Waals surface area (Å²) in [5.41, 5.74) is 8.29. The molecule has 1 saturated heterocycles. The van der Waals surface area contributed by atoms with E-state index in [4.69, 9.17) is 4.74 Å². The molecular formula is C39H54N4O3. The Bertz CT molecular complexity index is 1520. The average molecular weight is 627 g/mol. The maximum absolute atomic E-state index is 13.9. The molecule has 2 aliphatic rings. The topological polar surface area (TPSA) is 77.7 Å². The monoisotopic (exact) mass is 626 g/mol. The quantitative estimate of drug-likeness (QED) is 0.196. The number of aromatic nitrogens is 1. The first kappa shape index (κ1) is 33.9. The van der Waals surface area contributed by atoms with E-state index in [1.54, 1.807) is 0 Å². The van der Waals surface area contributed by atoms with Crippen molar-refractivity contribution in [2.45, 2.75) is 98.7 Å². The van der Waals surface area contributed by atoms with Crippen LogP contribution in [0.5, 0.6) is 0 Å². The predicted octanol–water partition coefficient (Wildman–Crippen LogP) is 7.30. The van der Waals surface area contributed by atoms with Gasteiger partial charge in [-0.25, -0.2) is 0 Å². The fraction of sp³-hybridized carbons (Fsp3) is 0.538. The molecule has 1 saturated carbocycles. The second kappa shape index (κ2) is 15.9. The number of ether oxygens (including phenoxy) is 1. The molecule has 2 aromatic carbocycles. The molecule has 46 heavy (non-hydrogen) atoms. The summed E-state index contributed by atoms with van der Waals surface area (Å²) in [6.07, 6.45) is 8.63. The van der Waals surface area contributed by atoms with Crippen LogP contribution in [0.1, 0.15) is 97.1 Å². The molecule has 2 fully saturated rings. The number of amides is 1. The summed E-state index contributed by atoms with van der Waals surface area (Å²) in [6.45, 7) is 16.1. The number of pyridine rings is 1. The second-order valence-electron chi connectivity index (χ2n) is 13.5. The van der Waals surface area contributed by atoms with Gasteiger partial charge in [-0.05, 0) is 118 Å². The summed E-state index contributed by atoms with van der Waals surface area (Å²) < 4.78 is 5.68. The van der Waals surface area contributed by atoms with Crippen LogP contribution in [0.2, 0.25) is 0 Å². The van der Waals surface area contributed by atoms with Crippen LogP contribution < -0.4 is 15.8 Å². The number of rotatable bonds is 14. The third-order valence-electron chi connectivity index (χ3n) is 10.1. The summed E-state index contributed by atoms with van der Waals surface area (Å²) in [4.78, 5) is 34.4. The standard InChI is InChI=1S/C39H54N4O3/c1-6-18-42(19-15-30-9-8-10-30)26-31-11-13-32(14-12-31)33-23-35(38(44)40-25-36-27(3)22-28(4)41-39(36)45)29(5)37(24-33)43(7-2)34-16-20-46-21-17-34/h11-14,22-24,30,34H,6-10,15-21,25-26H2,1-5H3,(H,40,44)(H,41,45). The van der Waals surface area contributed by atoms with E-state index in [-0.39, 0.29) is 18.0 Å². The predicted molar refractivity (Wildman–Crippen MR) is 189 cm³/mol. The third-order valence-corrected chi connectivity index (χ3v) is 10.1. The number of nitrogens with zero attached hydrogens (tertiary/aromatic N) is 2. The Morgan fingerprint density at radius 3 is 2.33 bits per heavy atom. The number of anilines is 1. The van der Waals surface area contributed by atoms with E-state index in [0.717, 1.165) is 85.2 Å². The van der Waals surface area contributed by atoms with Gasteiger partial charge in [0.15, 0.2) is 0 Å². The van der Waals surface area contributed by atoms with Crippen LogP contribution in [0.3, 0.4) is 0 Å². The van der Waals surface area contributed by atoms with Gasteiger partial charge < -0.3 is 19.9 Å². The summed E-state index contributed by atoms with van der Waals surface area (Å²) in [7, 11) is 0. The normalized spacial score (nSPS) is 15.6. The van der Waals surface area contributed by atoms with Gasteiger partial charge in [-0.1, -0.05) is 50.5 Å². The number of hydrogen-bond acceptors (Lipinski definition) is 5. The molecule has 7 nitrogen and oxygen atoms in total. The minimum Gasteiger partial charge on any atom is -0.381 e. The molecule has 1 aliphatic carbocycles.